The Bertz CT molecular complexity index is 379. The van der Waals surface area contributed by atoms with Gasteiger partial charge in [-0.2, -0.15) is 0 Å². The number of hydrogen-bond donors (Lipinski definition) is 1. The number of rotatable bonds is 0. The summed E-state index contributed by atoms with van der Waals surface area (Å²) in [5, 5.41) is 10.5. The summed E-state index contributed by atoms with van der Waals surface area (Å²) in [6.07, 6.45) is 2.24. The minimum Gasteiger partial charge on any atom is -0.373 e. The molecule has 0 amide bonds. The predicted octanol–water partition coefficient (Wildman–Crippen LogP) is 2.66. The first-order chi connectivity index (χ1) is 6.91. The molecule has 0 aromatic carbocycles. The van der Waals surface area contributed by atoms with Gasteiger partial charge in [0.15, 0.2) is 5.15 Å². The lowest BCUT2D eigenvalue weighted by Crippen LogP contribution is -2.25. The summed E-state index contributed by atoms with van der Waals surface area (Å²) >= 11 is 6.09. The molecule has 2 rings (SSSR count). The number of hydrogen-bond acceptors (Lipinski definition) is 2. The standard InChI is InChI=1S/C11H17ClN2O/c1-11(2,3)10-13-9(12)7-5-4-6-8(15)14(7)10/h8,15H,4-6H2,1-3H3. The zero-order valence-electron chi connectivity index (χ0n) is 9.42. The Labute approximate surface area is 95.1 Å². The van der Waals surface area contributed by atoms with E-state index >= 15 is 0 Å². The van der Waals surface area contributed by atoms with Crippen LogP contribution in [0.1, 0.15) is 51.4 Å². The highest BCUT2D eigenvalue weighted by Crippen LogP contribution is 2.34. The molecule has 1 aliphatic rings. The van der Waals surface area contributed by atoms with Crippen molar-refractivity contribution in [3.05, 3.63) is 16.7 Å². The molecular formula is C11H17ClN2O. The van der Waals surface area contributed by atoms with Gasteiger partial charge in [0.1, 0.15) is 12.1 Å². The van der Waals surface area contributed by atoms with E-state index in [4.69, 9.17) is 11.6 Å². The van der Waals surface area contributed by atoms with E-state index in [9.17, 15) is 5.11 Å². The maximum absolute atomic E-state index is 9.98. The average Bonchev–Trinajstić information content (AvgIpc) is 2.45. The maximum atomic E-state index is 9.98. The second kappa shape index (κ2) is 3.49. The van der Waals surface area contributed by atoms with Gasteiger partial charge in [-0.1, -0.05) is 32.4 Å². The van der Waals surface area contributed by atoms with Crippen molar-refractivity contribution in [2.45, 2.75) is 51.7 Å². The minimum absolute atomic E-state index is 0.0831. The van der Waals surface area contributed by atoms with Gasteiger partial charge < -0.3 is 9.67 Å². The van der Waals surface area contributed by atoms with Crippen molar-refractivity contribution >= 4 is 11.6 Å². The van der Waals surface area contributed by atoms with Gasteiger partial charge in [-0.3, -0.25) is 0 Å². The maximum Gasteiger partial charge on any atom is 0.150 e. The monoisotopic (exact) mass is 228 g/mol. The third-order valence-corrected chi connectivity index (χ3v) is 3.11. The Morgan fingerprint density at radius 3 is 2.73 bits per heavy atom. The normalized spacial score (nSPS) is 21.5. The summed E-state index contributed by atoms with van der Waals surface area (Å²) in [7, 11) is 0. The molecule has 1 unspecified atom stereocenters. The molecule has 84 valence electrons. The average molecular weight is 229 g/mol. The van der Waals surface area contributed by atoms with Crippen molar-refractivity contribution in [3.8, 4) is 0 Å². The SMILES string of the molecule is CC(C)(C)c1nc(Cl)c2n1C(O)CCC2. The summed E-state index contributed by atoms with van der Waals surface area (Å²) in [6, 6.07) is 0. The Kier molecular flexibility index (Phi) is 2.55. The zero-order chi connectivity index (χ0) is 11.2. The number of aliphatic hydroxyl groups excluding tert-OH is 1. The molecule has 1 aromatic heterocycles. The van der Waals surface area contributed by atoms with Crippen LogP contribution in [0, 0.1) is 0 Å². The minimum atomic E-state index is -0.456. The van der Waals surface area contributed by atoms with Gasteiger partial charge in [-0.05, 0) is 19.3 Å². The third kappa shape index (κ3) is 1.79. The number of imidazole rings is 1. The molecule has 0 saturated heterocycles. The van der Waals surface area contributed by atoms with Gasteiger partial charge >= 0.3 is 0 Å². The first-order valence-corrected chi connectivity index (χ1v) is 5.74. The summed E-state index contributed by atoms with van der Waals surface area (Å²) < 4.78 is 1.91. The fraction of sp³-hybridized carbons (Fsp3) is 0.727. The number of aromatic nitrogens is 2. The van der Waals surface area contributed by atoms with Crippen molar-refractivity contribution < 1.29 is 5.11 Å². The Morgan fingerprint density at radius 1 is 1.47 bits per heavy atom. The van der Waals surface area contributed by atoms with E-state index < -0.39 is 6.23 Å². The molecule has 0 saturated carbocycles. The van der Waals surface area contributed by atoms with Crippen LogP contribution in [0.25, 0.3) is 0 Å². The summed E-state index contributed by atoms with van der Waals surface area (Å²) in [5.41, 5.74) is 0.903. The van der Waals surface area contributed by atoms with Gasteiger partial charge in [0, 0.05) is 5.41 Å². The van der Waals surface area contributed by atoms with Crippen LogP contribution in [-0.2, 0) is 11.8 Å². The van der Waals surface area contributed by atoms with Crippen molar-refractivity contribution in [3.63, 3.8) is 0 Å². The molecular weight excluding hydrogens is 212 g/mol. The molecule has 0 fully saturated rings. The molecule has 1 atom stereocenters. The highest BCUT2D eigenvalue weighted by molar-refractivity contribution is 6.30. The van der Waals surface area contributed by atoms with E-state index in [1.54, 1.807) is 0 Å². The Hall–Kier alpha value is -0.540. The molecule has 1 aromatic rings. The van der Waals surface area contributed by atoms with Crippen LogP contribution < -0.4 is 0 Å². The highest BCUT2D eigenvalue weighted by atomic mass is 35.5. The van der Waals surface area contributed by atoms with Gasteiger partial charge in [0.05, 0.1) is 5.69 Å². The lowest BCUT2D eigenvalue weighted by Gasteiger charge is -2.27. The fourth-order valence-electron chi connectivity index (χ4n) is 2.09. The fourth-order valence-corrected chi connectivity index (χ4v) is 2.36. The van der Waals surface area contributed by atoms with E-state index in [1.807, 2.05) is 4.57 Å². The van der Waals surface area contributed by atoms with Crippen LogP contribution in [0.2, 0.25) is 5.15 Å². The van der Waals surface area contributed by atoms with Gasteiger partial charge in [0.25, 0.3) is 0 Å². The summed E-state index contributed by atoms with van der Waals surface area (Å²) in [4.78, 5) is 4.38. The highest BCUT2D eigenvalue weighted by Gasteiger charge is 2.30. The molecule has 4 heteroatoms. The third-order valence-electron chi connectivity index (χ3n) is 2.81. The lowest BCUT2D eigenvalue weighted by molar-refractivity contribution is 0.0727. The second-order valence-electron chi connectivity index (χ2n) is 5.17. The Balaban J connectivity index is 2.58. The number of halogens is 1. The van der Waals surface area contributed by atoms with Crippen molar-refractivity contribution in [1.82, 2.24) is 9.55 Å². The molecule has 0 spiro atoms. The van der Waals surface area contributed by atoms with Crippen LogP contribution in [0.5, 0.6) is 0 Å². The molecule has 15 heavy (non-hydrogen) atoms. The molecule has 1 aliphatic heterocycles. The van der Waals surface area contributed by atoms with Gasteiger partial charge in [-0.25, -0.2) is 4.98 Å². The molecule has 0 bridgehead atoms. The predicted molar refractivity (Wildman–Crippen MR) is 60.1 cm³/mol. The summed E-state index contributed by atoms with van der Waals surface area (Å²) in [5.74, 6) is 0.884. The van der Waals surface area contributed by atoms with Crippen LogP contribution in [0.4, 0.5) is 0 Å². The summed E-state index contributed by atoms with van der Waals surface area (Å²) in [6.45, 7) is 6.25. The van der Waals surface area contributed by atoms with Crippen molar-refractivity contribution in [2.75, 3.05) is 0 Å². The van der Waals surface area contributed by atoms with Gasteiger partial charge in [-0.15, -0.1) is 0 Å². The first-order valence-electron chi connectivity index (χ1n) is 5.36. The van der Waals surface area contributed by atoms with Crippen LogP contribution >= 0.6 is 11.6 Å². The quantitative estimate of drug-likeness (QED) is 0.742. The smallest absolute Gasteiger partial charge is 0.150 e. The van der Waals surface area contributed by atoms with E-state index in [-0.39, 0.29) is 5.41 Å². The molecule has 3 nitrogen and oxygen atoms in total. The zero-order valence-corrected chi connectivity index (χ0v) is 10.2. The molecule has 0 radical (unpaired) electrons. The van der Waals surface area contributed by atoms with Crippen LogP contribution in [-0.4, -0.2) is 14.7 Å². The largest absolute Gasteiger partial charge is 0.373 e. The topological polar surface area (TPSA) is 38.0 Å². The number of fused-ring (bicyclic) bond motifs is 1. The van der Waals surface area contributed by atoms with Crippen LogP contribution in [0.3, 0.4) is 0 Å². The second-order valence-corrected chi connectivity index (χ2v) is 5.52. The molecule has 1 N–H and O–H groups in total. The van der Waals surface area contributed by atoms with E-state index in [1.165, 1.54) is 0 Å². The van der Waals surface area contributed by atoms with E-state index in [2.05, 4.69) is 25.8 Å². The Morgan fingerprint density at radius 2 is 2.13 bits per heavy atom. The molecule has 2 heterocycles. The lowest BCUT2D eigenvalue weighted by atomic mass is 9.95. The van der Waals surface area contributed by atoms with E-state index in [0.29, 0.717) is 5.15 Å². The van der Waals surface area contributed by atoms with E-state index in [0.717, 1.165) is 30.8 Å². The van der Waals surface area contributed by atoms with Crippen LogP contribution in [0.15, 0.2) is 0 Å². The molecule has 0 aliphatic carbocycles. The van der Waals surface area contributed by atoms with Crippen molar-refractivity contribution in [1.29, 1.82) is 0 Å². The number of aliphatic hydroxyl groups is 1. The van der Waals surface area contributed by atoms with Gasteiger partial charge in [0.2, 0.25) is 0 Å². The first kappa shape index (κ1) is 11.0. The van der Waals surface area contributed by atoms with Crippen molar-refractivity contribution in [2.24, 2.45) is 0 Å². The number of nitrogens with zero attached hydrogens (tertiary/aromatic N) is 2.